The van der Waals surface area contributed by atoms with Crippen LogP contribution in [0.1, 0.15) is 11.8 Å². The first-order valence-corrected chi connectivity index (χ1v) is 7.76. The highest BCUT2D eigenvalue weighted by atomic mass is 35.5. The van der Waals surface area contributed by atoms with E-state index >= 15 is 0 Å². The highest BCUT2D eigenvalue weighted by Crippen LogP contribution is 2.26. The summed E-state index contributed by atoms with van der Waals surface area (Å²) in [4.78, 5) is 0.451. The molecule has 0 atom stereocenters. The zero-order chi connectivity index (χ0) is 14.0. The number of halogens is 4. The Balaban J connectivity index is 3.03. The molecule has 9 heteroatoms. The molecule has 1 aromatic rings. The van der Waals surface area contributed by atoms with E-state index in [4.69, 9.17) is 11.6 Å². The number of hydrogen-bond donors (Lipinski definition) is 0. The normalized spacial score (nSPS) is 13.2. The highest BCUT2D eigenvalue weighted by molar-refractivity contribution is 7.89. The van der Waals surface area contributed by atoms with Crippen molar-refractivity contribution in [1.82, 2.24) is 4.31 Å². The fourth-order valence-electron chi connectivity index (χ4n) is 1.28. The van der Waals surface area contributed by atoms with Crippen molar-refractivity contribution >= 4 is 33.0 Å². The molecule has 0 aromatic carbocycles. The Kier molecular flexibility index (Phi) is 5.05. The molecule has 0 aliphatic heterocycles. The largest absolute Gasteiger partial charge is 0.402 e. The van der Waals surface area contributed by atoms with Gasteiger partial charge in [-0.2, -0.15) is 17.5 Å². The predicted molar refractivity (Wildman–Crippen MR) is 64.4 cm³/mol. The predicted octanol–water partition coefficient (Wildman–Crippen LogP) is 3.06. The van der Waals surface area contributed by atoms with Gasteiger partial charge < -0.3 is 0 Å². The molecule has 0 bridgehead atoms. The maximum atomic E-state index is 12.3. The highest BCUT2D eigenvalue weighted by Gasteiger charge is 2.36. The van der Waals surface area contributed by atoms with Gasteiger partial charge in [0.05, 0.1) is 10.8 Å². The van der Waals surface area contributed by atoms with Gasteiger partial charge in [0.2, 0.25) is 10.0 Å². The van der Waals surface area contributed by atoms with Gasteiger partial charge in [0, 0.05) is 16.8 Å². The first-order valence-electron chi connectivity index (χ1n) is 4.91. The lowest BCUT2D eigenvalue weighted by atomic mass is 10.5. The summed E-state index contributed by atoms with van der Waals surface area (Å²) in [7, 11) is -4.11. The summed E-state index contributed by atoms with van der Waals surface area (Å²) in [6.45, 7) is -0.371. The van der Waals surface area contributed by atoms with E-state index in [1.807, 2.05) is 0 Å². The Morgan fingerprint density at radius 2 is 2.06 bits per heavy atom. The van der Waals surface area contributed by atoms with Gasteiger partial charge in [0.1, 0.15) is 6.54 Å². The van der Waals surface area contributed by atoms with Crippen molar-refractivity contribution in [3.63, 3.8) is 0 Å². The lowest BCUT2D eigenvalue weighted by Gasteiger charge is -2.21. The van der Waals surface area contributed by atoms with Crippen molar-refractivity contribution in [1.29, 1.82) is 0 Å². The maximum Gasteiger partial charge on any atom is 0.402 e. The fraction of sp³-hybridized carbons (Fsp3) is 0.556. The molecule has 0 radical (unpaired) electrons. The van der Waals surface area contributed by atoms with Gasteiger partial charge in [-0.3, -0.25) is 0 Å². The van der Waals surface area contributed by atoms with E-state index in [9.17, 15) is 21.6 Å². The molecule has 0 aliphatic rings. The monoisotopic (exact) mass is 321 g/mol. The molecule has 0 unspecified atom stereocenters. The van der Waals surface area contributed by atoms with E-state index in [-0.39, 0.29) is 17.3 Å². The van der Waals surface area contributed by atoms with Crippen LogP contribution in [0.4, 0.5) is 13.2 Å². The molecular formula is C9H11ClF3NO2S2. The lowest BCUT2D eigenvalue weighted by Crippen LogP contribution is -2.38. The molecule has 3 nitrogen and oxygen atoms in total. The second kappa shape index (κ2) is 5.77. The van der Waals surface area contributed by atoms with Crippen molar-refractivity contribution < 1.29 is 21.6 Å². The molecular weight excluding hydrogens is 311 g/mol. The number of sulfonamides is 1. The Labute approximate surface area is 112 Å². The number of rotatable bonds is 5. The van der Waals surface area contributed by atoms with E-state index in [2.05, 4.69) is 0 Å². The Morgan fingerprint density at radius 1 is 1.44 bits per heavy atom. The topological polar surface area (TPSA) is 37.4 Å². The maximum absolute atomic E-state index is 12.3. The molecule has 0 fully saturated rings. The van der Waals surface area contributed by atoms with Gasteiger partial charge in [0.15, 0.2) is 0 Å². The standard InChI is InChI=1S/C9H11ClF3NO2S2/c1-2-14(6-9(11,12)13)18(15,16)8-3-7(4-10)17-5-8/h3,5H,2,4,6H2,1H3. The molecule has 0 aliphatic carbocycles. The molecule has 0 N–H and O–H groups in total. The molecule has 104 valence electrons. The third-order valence-electron chi connectivity index (χ3n) is 2.11. The number of hydrogen-bond acceptors (Lipinski definition) is 3. The Bertz CT molecular complexity index is 498. The van der Waals surface area contributed by atoms with Crippen molar-refractivity contribution in [2.75, 3.05) is 13.1 Å². The summed E-state index contributed by atoms with van der Waals surface area (Å²) in [5.41, 5.74) is 0. The van der Waals surface area contributed by atoms with Crippen molar-refractivity contribution in [2.24, 2.45) is 0 Å². The van der Waals surface area contributed by atoms with Crippen LogP contribution in [-0.4, -0.2) is 32.0 Å². The van der Waals surface area contributed by atoms with Gasteiger partial charge in [-0.25, -0.2) is 8.42 Å². The van der Waals surface area contributed by atoms with Gasteiger partial charge in [-0.05, 0) is 6.07 Å². The van der Waals surface area contributed by atoms with Crippen LogP contribution in [0.5, 0.6) is 0 Å². The SMILES string of the molecule is CCN(CC(F)(F)F)S(=O)(=O)c1csc(CCl)c1. The molecule has 1 rings (SSSR count). The zero-order valence-corrected chi connectivity index (χ0v) is 11.8. The Hall–Kier alpha value is -0.310. The van der Waals surface area contributed by atoms with Crippen molar-refractivity contribution in [2.45, 2.75) is 23.9 Å². The van der Waals surface area contributed by atoms with Crippen molar-refractivity contribution in [3.05, 3.63) is 16.3 Å². The van der Waals surface area contributed by atoms with E-state index in [1.54, 1.807) is 0 Å². The van der Waals surface area contributed by atoms with Crippen LogP contribution in [-0.2, 0) is 15.9 Å². The van der Waals surface area contributed by atoms with E-state index < -0.39 is 22.7 Å². The summed E-state index contributed by atoms with van der Waals surface area (Å²) in [5, 5.41) is 1.30. The lowest BCUT2D eigenvalue weighted by molar-refractivity contribution is -0.135. The summed E-state index contributed by atoms with van der Waals surface area (Å²) < 4.78 is 61.2. The molecule has 18 heavy (non-hydrogen) atoms. The fourth-order valence-corrected chi connectivity index (χ4v) is 4.09. The zero-order valence-electron chi connectivity index (χ0n) is 9.37. The summed E-state index contributed by atoms with van der Waals surface area (Å²) >= 11 is 6.64. The smallest absolute Gasteiger partial charge is 0.207 e. The Morgan fingerprint density at radius 3 is 2.44 bits per heavy atom. The van der Waals surface area contributed by atoms with Crippen molar-refractivity contribution in [3.8, 4) is 0 Å². The first kappa shape index (κ1) is 15.7. The molecule has 0 amide bonds. The number of nitrogens with zero attached hydrogens (tertiary/aromatic N) is 1. The minimum Gasteiger partial charge on any atom is -0.207 e. The third kappa shape index (κ3) is 3.84. The second-order valence-electron chi connectivity index (χ2n) is 3.43. The van der Waals surface area contributed by atoms with Crippen LogP contribution in [0.15, 0.2) is 16.3 Å². The van der Waals surface area contributed by atoms with Crippen LogP contribution in [0.25, 0.3) is 0 Å². The number of thiophene rings is 1. The van der Waals surface area contributed by atoms with Crippen LogP contribution < -0.4 is 0 Å². The molecule has 0 saturated carbocycles. The summed E-state index contributed by atoms with van der Waals surface area (Å²) in [6, 6.07) is 1.30. The molecule has 0 spiro atoms. The first-order chi connectivity index (χ1) is 8.20. The molecule has 0 saturated heterocycles. The summed E-state index contributed by atoms with van der Waals surface area (Å²) in [6.07, 6.45) is -4.56. The second-order valence-corrected chi connectivity index (χ2v) is 6.63. The van der Waals surface area contributed by atoms with Crippen LogP contribution in [0.2, 0.25) is 0 Å². The van der Waals surface area contributed by atoms with Gasteiger partial charge in [0.25, 0.3) is 0 Å². The third-order valence-corrected chi connectivity index (χ3v) is 5.54. The molecule has 1 heterocycles. The van der Waals surface area contributed by atoms with E-state index in [1.165, 1.54) is 18.4 Å². The average molecular weight is 322 g/mol. The van der Waals surface area contributed by atoms with Gasteiger partial charge in [-0.15, -0.1) is 22.9 Å². The molecule has 1 aromatic heterocycles. The minimum atomic E-state index is -4.56. The van der Waals surface area contributed by atoms with E-state index in [0.717, 1.165) is 11.3 Å². The van der Waals surface area contributed by atoms with Gasteiger partial charge in [-0.1, -0.05) is 6.92 Å². The summed E-state index contributed by atoms with van der Waals surface area (Å²) in [5.74, 6) is 0.131. The van der Waals surface area contributed by atoms with Crippen LogP contribution in [0.3, 0.4) is 0 Å². The quantitative estimate of drug-likeness (QED) is 0.782. The van der Waals surface area contributed by atoms with E-state index in [0.29, 0.717) is 9.18 Å². The number of alkyl halides is 4. The van der Waals surface area contributed by atoms with Crippen LogP contribution >= 0.6 is 22.9 Å². The van der Waals surface area contributed by atoms with Gasteiger partial charge >= 0.3 is 6.18 Å². The average Bonchev–Trinajstić information content (AvgIpc) is 2.73. The van der Waals surface area contributed by atoms with Crippen LogP contribution in [0, 0.1) is 0 Å². The minimum absolute atomic E-state index is 0.131.